The van der Waals surface area contributed by atoms with Gasteiger partial charge in [-0.1, -0.05) is 12.1 Å². The molecule has 0 aliphatic heterocycles. The van der Waals surface area contributed by atoms with Gasteiger partial charge in [-0.15, -0.1) is 0 Å². The van der Waals surface area contributed by atoms with Crippen LogP contribution in [0.1, 0.15) is 12.5 Å². The first kappa shape index (κ1) is 11.7. The number of rotatable bonds is 3. The molecule has 2 aromatic rings. The minimum absolute atomic E-state index is 0.0370. The summed E-state index contributed by atoms with van der Waals surface area (Å²) in [5, 5.41) is 19.8. The van der Waals surface area contributed by atoms with Crippen molar-refractivity contribution in [3.05, 3.63) is 36.0 Å². The highest BCUT2D eigenvalue weighted by Crippen LogP contribution is 2.21. The van der Waals surface area contributed by atoms with Crippen LogP contribution in [0.2, 0.25) is 0 Å². The van der Waals surface area contributed by atoms with Gasteiger partial charge in [0.15, 0.2) is 5.60 Å². The van der Waals surface area contributed by atoms with Crippen LogP contribution in [-0.2, 0) is 11.3 Å². The summed E-state index contributed by atoms with van der Waals surface area (Å²) in [6, 6.07) is 7.77. The van der Waals surface area contributed by atoms with Crippen molar-refractivity contribution < 1.29 is 15.0 Å². The Balaban J connectivity index is 2.44. The van der Waals surface area contributed by atoms with E-state index in [1.807, 2.05) is 31.2 Å². The topological polar surface area (TPSA) is 62.5 Å². The van der Waals surface area contributed by atoms with E-state index in [1.54, 1.807) is 10.8 Å². The molecule has 2 N–H and O–H groups in total. The Morgan fingerprint density at radius 3 is 2.76 bits per heavy atom. The third kappa shape index (κ3) is 2.03. The van der Waals surface area contributed by atoms with Crippen molar-refractivity contribution in [2.75, 3.05) is 0 Å². The Morgan fingerprint density at radius 2 is 2.12 bits per heavy atom. The first-order chi connectivity index (χ1) is 7.92. The van der Waals surface area contributed by atoms with Crippen LogP contribution in [0.3, 0.4) is 0 Å². The number of carbonyl (C=O) groups is 1. The molecule has 1 aromatic heterocycles. The molecule has 0 bridgehead atoms. The molecule has 0 saturated carbocycles. The van der Waals surface area contributed by atoms with Gasteiger partial charge in [0.2, 0.25) is 0 Å². The second-order valence-corrected chi connectivity index (χ2v) is 4.53. The Morgan fingerprint density at radius 1 is 1.41 bits per heavy atom. The SMILES string of the molecule is Cc1cccc2c1ccn2CC(C)(O)C(=O)O. The van der Waals surface area contributed by atoms with E-state index in [1.165, 1.54) is 6.92 Å². The van der Waals surface area contributed by atoms with Crippen LogP contribution in [0.25, 0.3) is 10.9 Å². The fourth-order valence-corrected chi connectivity index (χ4v) is 1.91. The summed E-state index contributed by atoms with van der Waals surface area (Å²) in [6.45, 7) is 3.34. The van der Waals surface area contributed by atoms with Crippen molar-refractivity contribution >= 4 is 16.9 Å². The highest BCUT2D eigenvalue weighted by atomic mass is 16.4. The number of fused-ring (bicyclic) bond motifs is 1. The summed E-state index contributed by atoms with van der Waals surface area (Å²) in [7, 11) is 0. The third-order valence-electron chi connectivity index (χ3n) is 2.97. The van der Waals surface area contributed by atoms with E-state index in [4.69, 9.17) is 5.11 Å². The fourth-order valence-electron chi connectivity index (χ4n) is 1.91. The molecule has 0 radical (unpaired) electrons. The molecule has 1 atom stereocenters. The lowest BCUT2D eigenvalue weighted by Gasteiger charge is -2.19. The molecule has 4 heteroatoms. The molecular weight excluding hydrogens is 218 g/mol. The first-order valence-electron chi connectivity index (χ1n) is 5.42. The molecule has 0 saturated heterocycles. The standard InChI is InChI=1S/C13H15NO3/c1-9-4-3-5-11-10(9)6-7-14(11)8-13(2,17)12(15)16/h3-7,17H,8H2,1-2H3,(H,15,16). The monoisotopic (exact) mass is 233 g/mol. The number of carboxylic acids is 1. The van der Waals surface area contributed by atoms with Crippen LogP contribution >= 0.6 is 0 Å². The number of carboxylic acid groups (broad SMARTS) is 1. The zero-order valence-corrected chi connectivity index (χ0v) is 9.84. The summed E-state index contributed by atoms with van der Waals surface area (Å²) < 4.78 is 1.76. The van der Waals surface area contributed by atoms with E-state index in [0.29, 0.717) is 0 Å². The number of aliphatic carboxylic acids is 1. The Hall–Kier alpha value is -1.81. The summed E-state index contributed by atoms with van der Waals surface area (Å²) >= 11 is 0. The molecular formula is C13H15NO3. The van der Waals surface area contributed by atoms with Crippen LogP contribution in [0.15, 0.2) is 30.5 Å². The van der Waals surface area contributed by atoms with Crippen molar-refractivity contribution in [1.29, 1.82) is 0 Å². The second-order valence-electron chi connectivity index (χ2n) is 4.53. The lowest BCUT2D eigenvalue weighted by Crippen LogP contribution is -2.39. The predicted octanol–water partition coefficient (Wildman–Crippen LogP) is 1.79. The van der Waals surface area contributed by atoms with Gasteiger partial charge in [0.05, 0.1) is 6.54 Å². The molecule has 1 aromatic carbocycles. The summed E-state index contributed by atoms with van der Waals surface area (Å²) in [6.07, 6.45) is 1.80. The van der Waals surface area contributed by atoms with E-state index in [9.17, 15) is 9.90 Å². The highest BCUT2D eigenvalue weighted by Gasteiger charge is 2.30. The van der Waals surface area contributed by atoms with Crippen molar-refractivity contribution in [3.8, 4) is 0 Å². The largest absolute Gasteiger partial charge is 0.479 e. The molecule has 0 fully saturated rings. The lowest BCUT2D eigenvalue weighted by molar-refractivity contribution is -0.157. The van der Waals surface area contributed by atoms with Gasteiger partial charge in [-0.2, -0.15) is 0 Å². The molecule has 0 amide bonds. The van der Waals surface area contributed by atoms with E-state index in [2.05, 4.69) is 0 Å². The van der Waals surface area contributed by atoms with Gasteiger partial charge in [-0.3, -0.25) is 0 Å². The number of aromatic nitrogens is 1. The minimum atomic E-state index is -1.75. The van der Waals surface area contributed by atoms with Crippen molar-refractivity contribution in [2.45, 2.75) is 26.0 Å². The molecule has 1 heterocycles. The van der Waals surface area contributed by atoms with Crippen molar-refractivity contribution in [3.63, 3.8) is 0 Å². The van der Waals surface area contributed by atoms with E-state index in [0.717, 1.165) is 16.5 Å². The van der Waals surface area contributed by atoms with E-state index in [-0.39, 0.29) is 6.54 Å². The van der Waals surface area contributed by atoms with Gasteiger partial charge in [0, 0.05) is 17.1 Å². The maximum absolute atomic E-state index is 10.9. The van der Waals surface area contributed by atoms with Gasteiger partial charge in [-0.25, -0.2) is 4.79 Å². The molecule has 0 spiro atoms. The van der Waals surface area contributed by atoms with Crippen molar-refractivity contribution in [1.82, 2.24) is 4.57 Å². The molecule has 0 aliphatic rings. The number of aliphatic hydroxyl groups is 1. The zero-order valence-electron chi connectivity index (χ0n) is 9.84. The molecule has 0 aliphatic carbocycles. The minimum Gasteiger partial charge on any atom is -0.479 e. The van der Waals surface area contributed by atoms with Gasteiger partial charge in [0.25, 0.3) is 0 Å². The van der Waals surface area contributed by atoms with E-state index < -0.39 is 11.6 Å². The number of benzene rings is 1. The van der Waals surface area contributed by atoms with Gasteiger partial charge in [-0.05, 0) is 31.5 Å². The van der Waals surface area contributed by atoms with Gasteiger partial charge >= 0.3 is 5.97 Å². The third-order valence-corrected chi connectivity index (χ3v) is 2.97. The van der Waals surface area contributed by atoms with Crippen LogP contribution in [-0.4, -0.2) is 26.4 Å². The predicted molar refractivity (Wildman–Crippen MR) is 64.9 cm³/mol. The Kier molecular flexibility index (Phi) is 2.67. The van der Waals surface area contributed by atoms with Crippen LogP contribution in [0.4, 0.5) is 0 Å². The van der Waals surface area contributed by atoms with Gasteiger partial charge in [0.1, 0.15) is 0 Å². The lowest BCUT2D eigenvalue weighted by atomic mass is 10.1. The average Bonchev–Trinajstić information content (AvgIpc) is 2.62. The summed E-state index contributed by atoms with van der Waals surface area (Å²) in [4.78, 5) is 10.9. The maximum atomic E-state index is 10.9. The van der Waals surface area contributed by atoms with Gasteiger partial charge < -0.3 is 14.8 Å². The number of nitrogens with zero attached hydrogens (tertiary/aromatic N) is 1. The molecule has 1 unspecified atom stereocenters. The maximum Gasteiger partial charge on any atom is 0.337 e. The summed E-state index contributed by atoms with van der Waals surface area (Å²) in [5.74, 6) is -1.22. The second kappa shape index (κ2) is 3.89. The normalized spacial score (nSPS) is 14.8. The Labute approximate surface area is 99.1 Å². The molecule has 17 heavy (non-hydrogen) atoms. The number of aryl methyl sites for hydroxylation is 1. The van der Waals surface area contributed by atoms with Crippen molar-refractivity contribution in [2.24, 2.45) is 0 Å². The van der Waals surface area contributed by atoms with E-state index >= 15 is 0 Å². The zero-order chi connectivity index (χ0) is 12.6. The molecule has 2 rings (SSSR count). The average molecular weight is 233 g/mol. The smallest absolute Gasteiger partial charge is 0.337 e. The number of hydrogen-bond donors (Lipinski definition) is 2. The number of hydrogen-bond acceptors (Lipinski definition) is 2. The van der Waals surface area contributed by atoms with Crippen LogP contribution < -0.4 is 0 Å². The molecule has 90 valence electrons. The van der Waals surface area contributed by atoms with Crippen LogP contribution in [0.5, 0.6) is 0 Å². The first-order valence-corrected chi connectivity index (χ1v) is 5.42. The quantitative estimate of drug-likeness (QED) is 0.849. The summed E-state index contributed by atoms with van der Waals surface area (Å²) in [5.41, 5.74) is 0.318. The van der Waals surface area contributed by atoms with Crippen LogP contribution in [0, 0.1) is 6.92 Å². The molecule has 4 nitrogen and oxygen atoms in total. The highest BCUT2D eigenvalue weighted by molar-refractivity contribution is 5.84. The fraction of sp³-hybridized carbons (Fsp3) is 0.308. The Bertz CT molecular complexity index is 569.